The zero-order chi connectivity index (χ0) is 13.5. The third-order valence-corrected chi connectivity index (χ3v) is 3.43. The first-order valence-corrected chi connectivity index (χ1v) is 7.05. The number of pyridine rings is 1. The van der Waals surface area contributed by atoms with Crippen LogP contribution < -0.4 is 5.32 Å². The van der Waals surface area contributed by atoms with Gasteiger partial charge in [0.25, 0.3) is 0 Å². The molecule has 0 unspecified atom stereocenters. The van der Waals surface area contributed by atoms with Crippen molar-refractivity contribution < 1.29 is 0 Å². The number of rotatable bonds is 5. The van der Waals surface area contributed by atoms with Crippen molar-refractivity contribution in [2.75, 3.05) is 23.4 Å². The number of nitriles is 1. The van der Waals surface area contributed by atoms with Gasteiger partial charge in [-0.3, -0.25) is 0 Å². The molecule has 0 spiro atoms. The van der Waals surface area contributed by atoms with E-state index in [1.807, 2.05) is 30.3 Å². The highest BCUT2D eigenvalue weighted by Crippen LogP contribution is 2.19. The molecule has 4 heteroatoms. The first-order chi connectivity index (χ1) is 9.35. The van der Waals surface area contributed by atoms with Crippen LogP contribution in [0.4, 0.5) is 5.82 Å². The van der Waals surface area contributed by atoms with Gasteiger partial charge in [0.15, 0.2) is 0 Å². The number of anilines is 1. The first kappa shape index (κ1) is 13.3. The topological polar surface area (TPSA) is 48.7 Å². The van der Waals surface area contributed by atoms with E-state index in [1.165, 1.54) is 0 Å². The molecule has 0 aliphatic rings. The van der Waals surface area contributed by atoms with Crippen LogP contribution in [0.1, 0.15) is 5.56 Å². The van der Waals surface area contributed by atoms with Crippen LogP contribution in [0.2, 0.25) is 0 Å². The van der Waals surface area contributed by atoms with Gasteiger partial charge in [-0.1, -0.05) is 24.1 Å². The van der Waals surface area contributed by atoms with Crippen molar-refractivity contribution in [2.45, 2.75) is 0 Å². The number of hydrogen-bond acceptors (Lipinski definition) is 4. The van der Waals surface area contributed by atoms with Crippen LogP contribution in [-0.4, -0.2) is 23.0 Å². The van der Waals surface area contributed by atoms with Gasteiger partial charge in [0.2, 0.25) is 0 Å². The summed E-state index contributed by atoms with van der Waals surface area (Å²) in [6.45, 7) is 0.742. The molecule has 1 aromatic heterocycles. The summed E-state index contributed by atoms with van der Waals surface area (Å²) in [5.41, 5.74) is 1.46. The van der Waals surface area contributed by atoms with Crippen molar-refractivity contribution in [2.24, 2.45) is 0 Å². The van der Waals surface area contributed by atoms with Crippen LogP contribution in [0.5, 0.6) is 0 Å². The molecule has 0 aliphatic heterocycles. The second-order valence-corrected chi connectivity index (χ2v) is 4.98. The number of nitrogens with one attached hydrogen (secondary N) is 1. The molecule has 0 bridgehead atoms. The summed E-state index contributed by atoms with van der Waals surface area (Å²) in [5, 5.41) is 13.3. The molecule has 1 aromatic carbocycles. The lowest BCUT2D eigenvalue weighted by molar-refractivity contribution is 1.18. The minimum Gasteiger partial charge on any atom is -0.368 e. The number of nitrogens with zero attached hydrogens (tertiary/aromatic N) is 2. The van der Waals surface area contributed by atoms with E-state index < -0.39 is 0 Å². The predicted octanol–water partition coefficient (Wildman–Crippen LogP) is 2.88. The quantitative estimate of drug-likeness (QED) is 0.668. The lowest BCUT2D eigenvalue weighted by Crippen LogP contribution is -2.07. The van der Waals surface area contributed by atoms with Gasteiger partial charge in [-0.2, -0.15) is 5.26 Å². The Morgan fingerprint density at radius 1 is 1.37 bits per heavy atom. The smallest absolute Gasteiger partial charge is 0.144 e. The molecular weight excluding hydrogens is 254 g/mol. The summed E-state index contributed by atoms with van der Waals surface area (Å²) in [6, 6.07) is 11.8. The van der Waals surface area contributed by atoms with E-state index in [0.717, 1.165) is 23.2 Å². The zero-order valence-corrected chi connectivity index (χ0v) is 11.2. The van der Waals surface area contributed by atoms with Gasteiger partial charge in [-0.25, -0.2) is 4.98 Å². The number of terminal acetylenes is 1. The molecule has 2 aromatic rings. The number of aromatic nitrogens is 1. The summed E-state index contributed by atoms with van der Waals surface area (Å²) < 4.78 is 0. The standard InChI is InChI=1S/C15H13N3S/c1-2-8-19-9-7-17-15-13(11-16)10-12-5-3-4-6-14(12)18-15/h1,3-6,10H,7-9H2,(H,17,18). The Bertz CT molecular complexity index is 652. The summed E-state index contributed by atoms with van der Waals surface area (Å²) in [5.74, 6) is 4.82. The molecule has 0 amide bonds. The molecule has 19 heavy (non-hydrogen) atoms. The maximum absolute atomic E-state index is 9.16. The lowest BCUT2D eigenvalue weighted by Gasteiger charge is -2.08. The van der Waals surface area contributed by atoms with Crippen LogP contribution in [-0.2, 0) is 0 Å². The second-order valence-electron chi connectivity index (χ2n) is 3.87. The molecule has 3 nitrogen and oxygen atoms in total. The van der Waals surface area contributed by atoms with Crippen LogP contribution in [0.15, 0.2) is 30.3 Å². The van der Waals surface area contributed by atoms with Crippen molar-refractivity contribution in [3.63, 3.8) is 0 Å². The minimum atomic E-state index is 0.570. The molecule has 94 valence electrons. The largest absolute Gasteiger partial charge is 0.368 e. The molecule has 0 fully saturated rings. The first-order valence-electron chi connectivity index (χ1n) is 5.90. The number of hydrogen-bond donors (Lipinski definition) is 1. The van der Waals surface area contributed by atoms with Crippen molar-refractivity contribution >= 4 is 28.5 Å². The van der Waals surface area contributed by atoms with E-state index in [9.17, 15) is 0 Å². The van der Waals surface area contributed by atoms with Crippen LogP contribution >= 0.6 is 11.8 Å². The highest BCUT2D eigenvalue weighted by molar-refractivity contribution is 7.99. The molecular formula is C15H13N3S. The average molecular weight is 267 g/mol. The minimum absolute atomic E-state index is 0.570. The monoisotopic (exact) mass is 267 g/mol. The molecule has 0 saturated heterocycles. The molecule has 1 N–H and O–H groups in total. The van der Waals surface area contributed by atoms with Crippen LogP contribution in [0.3, 0.4) is 0 Å². The third kappa shape index (κ3) is 3.40. The van der Waals surface area contributed by atoms with Gasteiger partial charge in [0.05, 0.1) is 16.8 Å². The fraction of sp³-hybridized carbons (Fsp3) is 0.200. The highest BCUT2D eigenvalue weighted by atomic mass is 32.2. The summed E-state index contributed by atoms with van der Waals surface area (Å²) >= 11 is 1.68. The molecule has 0 saturated carbocycles. The molecule has 0 atom stereocenters. The van der Waals surface area contributed by atoms with Gasteiger partial charge >= 0.3 is 0 Å². The Hall–Kier alpha value is -2.17. The van der Waals surface area contributed by atoms with Gasteiger partial charge < -0.3 is 5.32 Å². The highest BCUT2D eigenvalue weighted by Gasteiger charge is 2.05. The Morgan fingerprint density at radius 2 is 2.21 bits per heavy atom. The van der Waals surface area contributed by atoms with Gasteiger partial charge in [0, 0.05) is 17.7 Å². The number of fused-ring (bicyclic) bond motifs is 1. The van der Waals surface area contributed by atoms with Gasteiger partial charge in [-0.15, -0.1) is 18.2 Å². The Kier molecular flexibility index (Phi) is 4.66. The fourth-order valence-corrected chi connectivity index (χ4v) is 2.22. The number of benzene rings is 1. The van der Waals surface area contributed by atoms with Gasteiger partial charge in [-0.05, 0) is 12.1 Å². The van der Waals surface area contributed by atoms with Crippen molar-refractivity contribution in [1.29, 1.82) is 5.26 Å². The summed E-state index contributed by atoms with van der Waals surface area (Å²) in [4.78, 5) is 4.48. The van der Waals surface area contributed by atoms with E-state index in [2.05, 4.69) is 22.3 Å². The lowest BCUT2D eigenvalue weighted by atomic mass is 10.1. The Labute approximate surface area is 117 Å². The number of para-hydroxylation sites is 1. The third-order valence-electron chi connectivity index (χ3n) is 2.57. The normalized spacial score (nSPS) is 9.79. The summed E-state index contributed by atoms with van der Waals surface area (Å²) in [6.07, 6.45) is 5.18. The number of thioether (sulfide) groups is 1. The van der Waals surface area contributed by atoms with Crippen molar-refractivity contribution in [3.05, 3.63) is 35.9 Å². The predicted molar refractivity (Wildman–Crippen MR) is 81.1 cm³/mol. The van der Waals surface area contributed by atoms with E-state index in [1.54, 1.807) is 11.8 Å². The fourth-order valence-electron chi connectivity index (χ4n) is 1.71. The SMILES string of the molecule is C#CCSCCNc1nc2ccccc2cc1C#N. The molecule has 0 aliphatic carbocycles. The molecule has 2 rings (SSSR count). The molecule has 0 radical (unpaired) electrons. The summed E-state index contributed by atoms with van der Waals surface area (Å²) in [7, 11) is 0. The maximum Gasteiger partial charge on any atom is 0.144 e. The Balaban J connectivity index is 2.13. The van der Waals surface area contributed by atoms with Crippen LogP contribution in [0, 0.1) is 23.7 Å². The van der Waals surface area contributed by atoms with Crippen molar-refractivity contribution in [1.82, 2.24) is 4.98 Å². The van der Waals surface area contributed by atoms with E-state index in [-0.39, 0.29) is 0 Å². The second kappa shape index (κ2) is 6.68. The zero-order valence-electron chi connectivity index (χ0n) is 10.4. The van der Waals surface area contributed by atoms with E-state index in [4.69, 9.17) is 11.7 Å². The van der Waals surface area contributed by atoms with E-state index >= 15 is 0 Å². The maximum atomic E-state index is 9.16. The van der Waals surface area contributed by atoms with Crippen molar-refractivity contribution in [3.8, 4) is 18.4 Å². The van der Waals surface area contributed by atoms with Crippen LogP contribution in [0.25, 0.3) is 10.9 Å². The van der Waals surface area contributed by atoms with E-state index in [0.29, 0.717) is 17.1 Å². The molecule has 1 heterocycles. The van der Waals surface area contributed by atoms with Gasteiger partial charge in [0.1, 0.15) is 11.9 Å². The average Bonchev–Trinajstić information content (AvgIpc) is 2.46. The Morgan fingerprint density at radius 3 is 3.00 bits per heavy atom.